The van der Waals surface area contributed by atoms with Crippen molar-refractivity contribution in [3.8, 4) is 0 Å². The first-order valence-electron chi connectivity index (χ1n) is 11.5. The average Bonchev–Trinajstić information content (AvgIpc) is 3.17. The lowest BCUT2D eigenvalue weighted by Crippen LogP contribution is -2.57. The van der Waals surface area contributed by atoms with E-state index in [1.807, 2.05) is 48.5 Å². The monoisotopic (exact) mass is 502 g/mol. The van der Waals surface area contributed by atoms with Crippen LogP contribution in [0.3, 0.4) is 0 Å². The van der Waals surface area contributed by atoms with Crippen LogP contribution in [-0.2, 0) is 37.4 Å². The Morgan fingerprint density at radius 1 is 1.14 bits per heavy atom. The lowest BCUT2D eigenvalue weighted by molar-refractivity contribution is -0.132. The molecule has 10 heteroatoms. The van der Waals surface area contributed by atoms with Gasteiger partial charge in [-0.15, -0.1) is 0 Å². The quantitative estimate of drug-likeness (QED) is 0.425. The first kappa shape index (κ1) is 26.7. The Bertz CT molecular complexity index is 1130. The third kappa shape index (κ3) is 7.27. The number of nitrogens with one attached hydrogen (secondary N) is 2. The number of sulfonamides is 1. The van der Waals surface area contributed by atoms with E-state index in [0.29, 0.717) is 18.5 Å². The Balaban J connectivity index is 1.60. The second-order valence-electron chi connectivity index (χ2n) is 9.37. The fourth-order valence-corrected chi connectivity index (χ4v) is 5.24. The van der Waals surface area contributed by atoms with E-state index in [0.717, 1.165) is 11.1 Å². The minimum atomic E-state index is -3.47. The van der Waals surface area contributed by atoms with Gasteiger partial charge in [0.25, 0.3) is 0 Å². The molecule has 35 heavy (non-hydrogen) atoms. The summed E-state index contributed by atoms with van der Waals surface area (Å²) in [5.41, 5.74) is 7.30. The molecule has 3 rings (SSSR count). The third-order valence-corrected chi connectivity index (χ3v) is 6.96. The number of anilines is 1. The molecule has 0 bridgehead atoms. The minimum Gasteiger partial charge on any atom is -0.374 e. The van der Waals surface area contributed by atoms with Crippen LogP contribution < -0.4 is 20.7 Å². The molecule has 0 fully saturated rings. The molecule has 190 valence electrons. The number of nitrogens with two attached hydrogens (primary N) is 1. The second kappa shape index (κ2) is 11.2. The van der Waals surface area contributed by atoms with E-state index in [4.69, 9.17) is 10.5 Å². The van der Waals surface area contributed by atoms with Gasteiger partial charge in [0.1, 0.15) is 6.04 Å². The van der Waals surface area contributed by atoms with E-state index in [-0.39, 0.29) is 25.8 Å². The number of amides is 2. The van der Waals surface area contributed by atoms with E-state index >= 15 is 0 Å². The van der Waals surface area contributed by atoms with Crippen molar-refractivity contribution in [3.05, 3.63) is 65.7 Å². The van der Waals surface area contributed by atoms with Crippen molar-refractivity contribution in [2.75, 3.05) is 23.7 Å². The van der Waals surface area contributed by atoms with Crippen molar-refractivity contribution in [3.63, 3.8) is 0 Å². The lowest BCUT2D eigenvalue weighted by atomic mass is 10.1. The van der Waals surface area contributed by atoms with Crippen molar-refractivity contribution < 1.29 is 22.7 Å². The van der Waals surface area contributed by atoms with Crippen LogP contribution >= 0.6 is 0 Å². The van der Waals surface area contributed by atoms with Crippen molar-refractivity contribution in [1.82, 2.24) is 10.6 Å². The van der Waals surface area contributed by atoms with Crippen molar-refractivity contribution in [2.24, 2.45) is 5.73 Å². The predicted octanol–water partition coefficient (Wildman–Crippen LogP) is 1.32. The zero-order valence-corrected chi connectivity index (χ0v) is 21.2. The van der Waals surface area contributed by atoms with Gasteiger partial charge in [-0.05, 0) is 43.9 Å². The highest BCUT2D eigenvalue weighted by Crippen LogP contribution is 2.35. The van der Waals surface area contributed by atoms with E-state index in [1.54, 1.807) is 19.9 Å². The average molecular weight is 503 g/mol. The molecule has 0 aliphatic carbocycles. The number of fused-ring (bicyclic) bond motifs is 1. The molecule has 2 amide bonds. The fraction of sp³-hybridized carbons (Fsp3) is 0.440. The van der Waals surface area contributed by atoms with E-state index in [1.165, 1.54) is 10.6 Å². The van der Waals surface area contributed by atoms with Gasteiger partial charge in [0.05, 0.1) is 36.7 Å². The Kier molecular flexibility index (Phi) is 8.52. The van der Waals surface area contributed by atoms with E-state index < -0.39 is 33.4 Å². The predicted molar refractivity (Wildman–Crippen MR) is 135 cm³/mol. The zero-order chi connectivity index (χ0) is 25.6. The molecule has 1 unspecified atom stereocenters. The standard InChI is InChI=1S/C25H34N4O5S/c1-25(2,26)24(31)28-21(17-34-16-18-9-5-4-6-10-18)23(30)27-14-13-20-15-19-11-7-8-12-22(19)29(20)35(3,32)33/h4-12,20-21H,13-17,26H2,1-3H3,(H,27,30)(H,28,31)/t20?,21-/m1/s1. The fourth-order valence-electron chi connectivity index (χ4n) is 3.98. The number of benzene rings is 2. The molecular formula is C25H34N4O5S. The number of para-hydroxylation sites is 1. The van der Waals surface area contributed by atoms with Crippen LogP contribution in [0.1, 0.15) is 31.4 Å². The molecule has 2 atom stereocenters. The van der Waals surface area contributed by atoms with Gasteiger partial charge in [-0.2, -0.15) is 0 Å². The smallest absolute Gasteiger partial charge is 0.244 e. The second-order valence-corrected chi connectivity index (χ2v) is 11.2. The molecule has 2 aromatic rings. The number of hydrogen-bond acceptors (Lipinski definition) is 6. The van der Waals surface area contributed by atoms with Crippen LogP contribution in [0.25, 0.3) is 0 Å². The summed E-state index contributed by atoms with van der Waals surface area (Å²) in [6.07, 6.45) is 2.17. The molecule has 9 nitrogen and oxygen atoms in total. The van der Waals surface area contributed by atoms with Gasteiger partial charge >= 0.3 is 0 Å². The third-order valence-electron chi connectivity index (χ3n) is 5.75. The van der Waals surface area contributed by atoms with Crippen LogP contribution in [0.4, 0.5) is 5.69 Å². The van der Waals surface area contributed by atoms with Crippen molar-refractivity contribution >= 4 is 27.5 Å². The summed E-state index contributed by atoms with van der Waals surface area (Å²) < 4.78 is 32.0. The summed E-state index contributed by atoms with van der Waals surface area (Å²) in [5, 5.41) is 5.48. The van der Waals surface area contributed by atoms with E-state index in [2.05, 4.69) is 10.6 Å². The zero-order valence-electron chi connectivity index (χ0n) is 20.4. The Morgan fingerprint density at radius 2 is 1.80 bits per heavy atom. The number of ether oxygens (including phenoxy) is 1. The molecule has 0 saturated heterocycles. The van der Waals surface area contributed by atoms with Crippen LogP contribution in [0.5, 0.6) is 0 Å². The van der Waals surface area contributed by atoms with Gasteiger partial charge < -0.3 is 21.1 Å². The van der Waals surface area contributed by atoms with Gasteiger partial charge in [-0.25, -0.2) is 8.42 Å². The molecule has 1 aliphatic rings. The van der Waals surface area contributed by atoms with Gasteiger partial charge in [0.15, 0.2) is 0 Å². The first-order chi connectivity index (χ1) is 16.5. The number of nitrogens with zero attached hydrogens (tertiary/aromatic N) is 1. The Hall–Kier alpha value is -2.95. The maximum Gasteiger partial charge on any atom is 0.244 e. The number of carbonyl (C=O) groups is 2. The number of rotatable bonds is 11. The molecule has 4 N–H and O–H groups in total. The summed E-state index contributed by atoms with van der Waals surface area (Å²) in [6, 6.07) is 15.6. The van der Waals surface area contributed by atoms with Gasteiger partial charge in [0.2, 0.25) is 21.8 Å². The van der Waals surface area contributed by atoms with E-state index in [9.17, 15) is 18.0 Å². The summed E-state index contributed by atoms with van der Waals surface area (Å²) in [7, 11) is -3.47. The highest BCUT2D eigenvalue weighted by atomic mass is 32.2. The van der Waals surface area contributed by atoms with Crippen LogP contribution in [0, 0.1) is 0 Å². The summed E-state index contributed by atoms with van der Waals surface area (Å²) in [5.74, 6) is -0.896. The van der Waals surface area contributed by atoms with Crippen LogP contribution in [0.15, 0.2) is 54.6 Å². The molecule has 1 aliphatic heterocycles. The number of carbonyl (C=O) groups excluding carboxylic acids is 2. The molecule has 0 spiro atoms. The summed E-state index contributed by atoms with van der Waals surface area (Å²) >= 11 is 0. The molecular weight excluding hydrogens is 468 g/mol. The SMILES string of the molecule is CC(C)(N)C(=O)N[C@H](COCc1ccccc1)C(=O)NCCC1Cc2ccccc2N1S(C)(=O)=O. The summed E-state index contributed by atoms with van der Waals surface area (Å²) in [4.78, 5) is 25.4. The molecule has 0 radical (unpaired) electrons. The minimum absolute atomic E-state index is 0.0348. The number of hydrogen-bond donors (Lipinski definition) is 3. The van der Waals surface area contributed by atoms with Gasteiger partial charge in [-0.1, -0.05) is 48.5 Å². The van der Waals surface area contributed by atoms with Gasteiger partial charge in [-0.3, -0.25) is 13.9 Å². The molecule has 2 aromatic carbocycles. The molecule has 1 heterocycles. The lowest BCUT2D eigenvalue weighted by Gasteiger charge is -2.26. The highest BCUT2D eigenvalue weighted by Gasteiger charge is 2.35. The van der Waals surface area contributed by atoms with Gasteiger partial charge in [0, 0.05) is 6.54 Å². The topological polar surface area (TPSA) is 131 Å². The molecule has 0 aromatic heterocycles. The van der Waals surface area contributed by atoms with Crippen molar-refractivity contribution in [2.45, 2.75) is 50.9 Å². The maximum atomic E-state index is 12.9. The maximum absolute atomic E-state index is 12.9. The normalized spacial score (nSPS) is 16.5. The summed E-state index contributed by atoms with van der Waals surface area (Å²) in [6.45, 7) is 3.60. The molecule has 0 saturated carbocycles. The largest absolute Gasteiger partial charge is 0.374 e. The Labute approximate surface area is 207 Å². The Morgan fingerprint density at radius 3 is 2.46 bits per heavy atom. The van der Waals surface area contributed by atoms with Crippen molar-refractivity contribution in [1.29, 1.82) is 0 Å². The van der Waals surface area contributed by atoms with Crippen LogP contribution in [0.2, 0.25) is 0 Å². The first-order valence-corrected chi connectivity index (χ1v) is 13.4. The van der Waals surface area contributed by atoms with Crippen LogP contribution in [-0.4, -0.2) is 57.3 Å². The highest BCUT2D eigenvalue weighted by molar-refractivity contribution is 7.92.